The van der Waals surface area contributed by atoms with Crippen molar-refractivity contribution in [3.8, 4) is 50.2 Å². The van der Waals surface area contributed by atoms with E-state index in [2.05, 4.69) is 229 Å². The van der Waals surface area contributed by atoms with Crippen molar-refractivity contribution in [3.63, 3.8) is 0 Å². The Kier molecular flexibility index (Phi) is 8.28. The Bertz CT molecular complexity index is 4300. The van der Waals surface area contributed by atoms with Gasteiger partial charge in [-0.25, -0.2) is 0 Å². The molecule has 0 bridgehead atoms. The van der Waals surface area contributed by atoms with Gasteiger partial charge in [0.05, 0.1) is 22.1 Å². The summed E-state index contributed by atoms with van der Waals surface area (Å²) >= 11 is 0. The third-order valence-corrected chi connectivity index (χ3v) is 14.1. The van der Waals surface area contributed by atoms with Crippen molar-refractivity contribution in [2.24, 2.45) is 0 Å². The van der Waals surface area contributed by atoms with Crippen LogP contribution in [0.2, 0.25) is 0 Å². The van der Waals surface area contributed by atoms with Crippen molar-refractivity contribution in [1.82, 2.24) is 14.5 Å². The van der Waals surface area contributed by atoms with E-state index in [0.29, 0.717) is 0 Å². The standard InChI is InChI=1S/C64H39N3/c1-2-14-42(15-3-1)67-61-31-7-6-17-57(61)59-38-41(33-35-62(59)67)44-20-9-24-48-46(44)22-11-26-50(48)52-28-13-29-53-51(27-12-30-54(52)53)49-25-10-21-45-43(19-8-23-47(45)49)40-32-34-56-55-16-4-5-18-58(55)63-64(60(56)39-40)66-37-36-65-63/h1-39H. The van der Waals surface area contributed by atoms with Crippen molar-refractivity contribution in [3.05, 3.63) is 237 Å². The van der Waals surface area contributed by atoms with Crippen LogP contribution in [0, 0.1) is 0 Å². The predicted molar refractivity (Wildman–Crippen MR) is 283 cm³/mol. The van der Waals surface area contributed by atoms with Crippen molar-refractivity contribution in [1.29, 1.82) is 0 Å². The van der Waals surface area contributed by atoms with Crippen LogP contribution in [-0.2, 0) is 0 Å². The molecule has 14 rings (SSSR count). The molecule has 0 fully saturated rings. The molecule has 0 atom stereocenters. The number of fused-ring (bicyclic) bond motifs is 12. The fraction of sp³-hybridized carbons (Fsp3) is 0. The van der Waals surface area contributed by atoms with Gasteiger partial charge in [0, 0.05) is 39.6 Å². The summed E-state index contributed by atoms with van der Waals surface area (Å²) < 4.78 is 2.38. The van der Waals surface area contributed by atoms with Crippen LogP contribution in [0.15, 0.2) is 237 Å². The van der Waals surface area contributed by atoms with Gasteiger partial charge in [0.15, 0.2) is 0 Å². The van der Waals surface area contributed by atoms with Crippen molar-refractivity contribution < 1.29 is 0 Å². The topological polar surface area (TPSA) is 30.7 Å². The van der Waals surface area contributed by atoms with Gasteiger partial charge in [0.25, 0.3) is 0 Å². The van der Waals surface area contributed by atoms with Crippen LogP contribution < -0.4 is 0 Å². The van der Waals surface area contributed by atoms with E-state index in [1.165, 1.54) is 110 Å². The van der Waals surface area contributed by atoms with E-state index in [9.17, 15) is 0 Å². The summed E-state index contributed by atoms with van der Waals surface area (Å²) in [6, 6.07) is 82.4. The molecule has 0 radical (unpaired) electrons. The van der Waals surface area contributed by atoms with Gasteiger partial charge in [-0.3, -0.25) is 9.97 Å². The van der Waals surface area contributed by atoms with E-state index in [0.717, 1.165) is 27.4 Å². The molecule has 310 valence electrons. The zero-order chi connectivity index (χ0) is 44.0. The number of nitrogens with zero attached hydrogens (tertiary/aromatic N) is 3. The minimum Gasteiger partial charge on any atom is -0.309 e. The molecular formula is C64H39N3. The molecule has 0 N–H and O–H groups in total. The summed E-state index contributed by atoms with van der Waals surface area (Å²) in [6.45, 7) is 0. The molecule has 12 aromatic carbocycles. The first kappa shape index (κ1) is 37.5. The average Bonchev–Trinajstić information content (AvgIpc) is 3.74. The second-order valence-electron chi connectivity index (χ2n) is 17.6. The van der Waals surface area contributed by atoms with Crippen LogP contribution in [-0.4, -0.2) is 14.5 Å². The number of hydrogen-bond donors (Lipinski definition) is 0. The summed E-state index contributed by atoms with van der Waals surface area (Å²) in [5, 5.41) is 14.5. The van der Waals surface area contributed by atoms with Crippen molar-refractivity contribution in [2.45, 2.75) is 0 Å². The Labute approximate surface area is 386 Å². The molecule has 14 aromatic rings. The first-order valence-corrected chi connectivity index (χ1v) is 23.0. The fourth-order valence-electron chi connectivity index (χ4n) is 11.2. The fourth-order valence-corrected chi connectivity index (χ4v) is 11.2. The lowest BCUT2D eigenvalue weighted by Gasteiger charge is -2.16. The highest BCUT2D eigenvalue weighted by Gasteiger charge is 2.18. The molecule has 0 saturated carbocycles. The summed E-state index contributed by atoms with van der Waals surface area (Å²) in [4.78, 5) is 9.67. The van der Waals surface area contributed by atoms with Gasteiger partial charge >= 0.3 is 0 Å². The minimum absolute atomic E-state index is 0.929. The monoisotopic (exact) mass is 849 g/mol. The van der Waals surface area contributed by atoms with E-state index >= 15 is 0 Å². The molecule has 0 aliphatic carbocycles. The lowest BCUT2D eigenvalue weighted by atomic mass is 9.87. The van der Waals surface area contributed by atoms with E-state index in [1.807, 2.05) is 0 Å². The molecular weight excluding hydrogens is 811 g/mol. The van der Waals surface area contributed by atoms with Gasteiger partial charge < -0.3 is 4.57 Å². The van der Waals surface area contributed by atoms with Gasteiger partial charge in [0.1, 0.15) is 0 Å². The highest BCUT2D eigenvalue weighted by atomic mass is 15.0. The number of para-hydroxylation sites is 2. The largest absolute Gasteiger partial charge is 0.309 e. The zero-order valence-corrected chi connectivity index (χ0v) is 36.4. The molecule has 0 spiro atoms. The lowest BCUT2D eigenvalue weighted by molar-refractivity contribution is 1.18. The van der Waals surface area contributed by atoms with Gasteiger partial charge in [-0.1, -0.05) is 188 Å². The average molecular weight is 850 g/mol. The smallest absolute Gasteiger partial charge is 0.0971 e. The van der Waals surface area contributed by atoms with E-state index < -0.39 is 0 Å². The summed E-state index contributed by atoms with van der Waals surface area (Å²) in [5.41, 5.74) is 15.1. The highest BCUT2D eigenvalue weighted by Crippen LogP contribution is 2.44. The van der Waals surface area contributed by atoms with Gasteiger partial charge in [-0.2, -0.15) is 0 Å². The Morgan fingerprint density at radius 2 is 0.627 bits per heavy atom. The van der Waals surface area contributed by atoms with E-state index in [4.69, 9.17) is 9.97 Å². The first-order valence-electron chi connectivity index (χ1n) is 23.0. The molecule has 3 nitrogen and oxygen atoms in total. The van der Waals surface area contributed by atoms with Crippen LogP contribution >= 0.6 is 0 Å². The number of aromatic nitrogens is 3. The Hall–Kier alpha value is -8.92. The second kappa shape index (κ2) is 14.8. The molecule has 3 heteroatoms. The Balaban J connectivity index is 0.896. The Morgan fingerprint density at radius 3 is 1.19 bits per heavy atom. The van der Waals surface area contributed by atoms with Gasteiger partial charge in [-0.15, -0.1) is 0 Å². The molecule has 0 saturated heterocycles. The van der Waals surface area contributed by atoms with E-state index in [-0.39, 0.29) is 0 Å². The molecule has 0 aliphatic heterocycles. The van der Waals surface area contributed by atoms with Crippen LogP contribution in [0.25, 0.3) is 137 Å². The molecule has 2 heterocycles. The normalized spacial score (nSPS) is 11.9. The third kappa shape index (κ3) is 5.71. The number of hydrogen-bond acceptors (Lipinski definition) is 2. The Morgan fingerprint density at radius 1 is 0.239 bits per heavy atom. The lowest BCUT2D eigenvalue weighted by Crippen LogP contribution is -1.93. The molecule has 67 heavy (non-hydrogen) atoms. The quantitative estimate of drug-likeness (QED) is 0.162. The first-order chi connectivity index (χ1) is 33.3. The van der Waals surface area contributed by atoms with Crippen LogP contribution in [0.3, 0.4) is 0 Å². The zero-order valence-electron chi connectivity index (χ0n) is 36.4. The predicted octanol–water partition coefficient (Wildman–Crippen LogP) is 17.2. The maximum atomic E-state index is 4.87. The molecule has 0 amide bonds. The molecule has 0 unspecified atom stereocenters. The van der Waals surface area contributed by atoms with Crippen molar-refractivity contribution >= 4 is 86.7 Å². The summed E-state index contributed by atoms with van der Waals surface area (Å²) in [6.07, 6.45) is 3.59. The molecule has 2 aromatic heterocycles. The maximum absolute atomic E-state index is 4.87. The minimum atomic E-state index is 0.929. The number of benzene rings is 12. The third-order valence-electron chi connectivity index (χ3n) is 14.1. The highest BCUT2D eigenvalue weighted by molar-refractivity contribution is 6.24. The van der Waals surface area contributed by atoms with Gasteiger partial charge in [-0.05, 0) is 124 Å². The summed E-state index contributed by atoms with van der Waals surface area (Å²) in [7, 11) is 0. The maximum Gasteiger partial charge on any atom is 0.0971 e. The number of rotatable bonds is 5. The second-order valence-corrected chi connectivity index (χ2v) is 17.6. The van der Waals surface area contributed by atoms with Crippen LogP contribution in [0.5, 0.6) is 0 Å². The van der Waals surface area contributed by atoms with Gasteiger partial charge in [0.2, 0.25) is 0 Å². The van der Waals surface area contributed by atoms with Crippen molar-refractivity contribution in [2.75, 3.05) is 0 Å². The molecule has 0 aliphatic rings. The van der Waals surface area contributed by atoms with Crippen LogP contribution in [0.4, 0.5) is 0 Å². The van der Waals surface area contributed by atoms with Crippen LogP contribution in [0.1, 0.15) is 0 Å². The SMILES string of the molecule is c1ccc(-n2c3ccccc3c3cc(-c4cccc5c(-c6cccc7c(-c8cccc9c(-c%10ccc%11c%12ccccc%12c%12nccnc%12c%11c%10)cccc89)cccc67)cccc45)ccc32)cc1. The van der Waals surface area contributed by atoms with E-state index in [1.54, 1.807) is 12.4 Å². The summed E-state index contributed by atoms with van der Waals surface area (Å²) in [5.74, 6) is 0.